The average molecular weight is 321 g/mol. The highest BCUT2D eigenvalue weighted by Crippen LogP contribution is 2.22. The lowest BCUT2D eigenvalue weighted by Crippen LogP contribution is -2.51. The van der Waals surface area contributed by atoms with Crippen molar-refractivity contribution in [1.29, 1.82) is 0 Å². The Morgan fingerprint density at radius 1 is 1.52 bits per heavy atom. The zero-order valence-electron chi connectivity index (χ0n) is 15.1. The van der Waals surface area contributed by atoms with Crippen LogP contribution in [0.25, 0.3) is 0 Å². The lowest BCUT2D eigenvalue weighted by molar-refractivity contribution is 0.101. The summed E-state index contributed by atoms with van der Waals surface area (Å²) < 4.78 is 1.86. The Balaban J connectivity index is 1.96. The van der Waals surface area contributed by atoms with Crippen molar-refractivity contribution in [3.63, 3.8) is 0 Å². The van der Waals surface area contributed by atoms with Crippen molar-refractivity contribution in [2.45, 2.75) is 46.7 Å². The second-order valence-corrected chi connectivity index (χ2v) is 7.06. The quantitative estimate of drug-likeness (QED) is 0.907. The van der Waals surface area contributed by atoms with E-state index in [1.165, 1.54) is 0 Å². The van der Waals surface area contributed by atoms with Crippen molar-refractivity contribution in [1.82, 2.24) is 19.6 Å². The molecule has 1 fully saturated rings. The molecule has 2 amide bonds. The van der Waals surface area contributed by atoms with Gasteiger partial charge in [0.2, 0.25) is 0 Å². The number of nitrogens with zero attached hydrogens (tertiary/aromatic N) is 4. The molecule has 1 aromatic heterocycles. The first-order chi connectivity index (χ1) is 10.9. The molecule has 1 aromatic rings. The molecule has 0 spiro atoms. The third kappa shape index (κ3) is 4.47. The molecule has 1 aliphatic rings. The van der Waals surface area contributed by atoms with Gasteiger partial charge < -0.3 is 9.80 Å². The molecule has 2 unspecified atom stereocenters. The smallest absolute Gasteiger partial charge is 0.323 e. The van der Waals surface area contributed by atoms with Crippen molar-refractivity contribution in [2.24, 2.45) is 11.8 Å². The number of likely N-dealkylation sites (tertiary alicyclic amines) is 1. The fraction of sp³-hybridized carbons (Fsp3) is 0.765. The van der Waals surface area contributed by atoms with Crippen molar-refractivity contribution in [3.05, 3.63) is 12.3 Å². The van der Waals surface area contributed by atoms with Crippen LogP contribution in [0.1, 0.15) is 34.1 Å². The lowest BCUT2D eigenvalue weighted by atomic mass is 9.93. The Kier molecular flexibility index (Phi) is 6.04. The van der Waals surface area contributed by atoms with Gasteiger partial charge in [-0.2, -0.15) is 5.10 Å². The minimum absolute atomic E-state index is 0.0442. The first-order valence-electron chi connectivity index (χ1n) is 8.70. The van der Waals surface area contributed by atoms with Crippen molar-refractivity contribution < 1.29 is 4.79 Å². The van der Waals surface area contributed by atoms with Gasteiger partial charge in [-0.15, -0.1) is 0 Å². The third-order valence-electron chi connectivity index (χ3n) is 4.70. The van der Waals surface area contributed by atoms with E-state index in [4.69, 9.17) is 0 Å². The molecular formula is C17H31N5O. The number of aromatic nitrogens is 2. The number of hydrogen-bond donors (Lipinski definition) is 1. The molecule has 2 atom stereocenters. The Bertz CT molecular complexity index is 513. The molecule has 0 radical (unpaired) electrons. The number of piperidine rings is 1. The number of hydrogen-bond acceptors (Lipinski definition) is 3. The topological polar surface area (TPSA) is 53.4 Å². The zero-order chi connectivity index (χ0) is 17.0. The molecule has 130 valence electrons. The summed E-state index contributed by atoms with van der Waals surface area (Å²) in [5, 5.41) is 7.31. The average Bonchev–Trinajstić information content (AvgIpc) is 2.92. The molecule has 1 saturated heterocycles. The van der Waals surface area contributed by atoms with Crippen LogP contribution in [0.5, 0.6) is 0 Å². The van der Waals surface area contributed by atoms with E-state index in [-0.39, 0.29) is 6.03 Å². The lowest BCUT2D eigenvalue weighted by Gasteiger charge is -2.40. The highest BCUT2D eigenvalue weighted by Gasteiger charge is 2.30. The summed E-state index contributed by atoms with van der Waals surface area (Å²) in [6, 6.07) is 2.11. The van der Waals surface area contributed by atoms with Gasteiger partial charge in [0.25, 0.3) is 0 Å². The van der Waals surface area contributed by atoms with Crippen molar-refractivity contribution >= 4 is 11.8 Å². The van der Waals surface area contributed by atoms with Crippen LogP contribution >= 0.6 is 0 Å². The summed E-state index contributed by atoms with van der Waals surface area (Å²) in [7, 11) is 1.90. The molecule has 6 heteroatoms. The molecule has 1 aliphatic heterocycles. The second kappa shape index (κ2) is 7.81. The van der Waals surface area contributed by atoms with Crippen LogP contribution in [0.3, 0.4) is 0 Å². The van der Waals surface area contributed by atoms with Gasteiger partial charge in [0, 0.05) is 38.8 Å². The first kappa shape index (κ1) is 17.8. The molecule has 2 heterocycles. The van der Waals surface area contributed by atoms with Gasteiger partial charge in [0.05, 0.1) is 6.20 Å². The van der Waals surface area contributed by atoms with Crippen LogP contribution < -0.4 is 5.32 Å². The standard InChI is InChI=1S/C17H31N5O/c1-6-21-10-8-15(14(4)12-21)20(5)17(23)19-16-7-9-18-22(16)11-13(2)3/h7,9,13-15H,6,8,10-12H2,1-5H3,(H,19,23). The minimum Gasteiger partial charge on any atom is -0.324 e. The zero-order valence-corrected chi connectivity index (χ0v) is 15.1. The maximum absolute atomic E-state index is 12.6. The fourth-order valence-corrected chi connectivity index (χ4v) is 3.36. The Morgan fingerprint density at radius 3 is 2.87 bits per heavy atom. The highest BCUT2D eigenvalue weighted by molar-refractivity contribution is 5.88. The SMILES string of the molecule is CCN1CCC(N(C)C(=O)Nc2ccnn2CC(C)C)C(C)C1. The number of anilines is 1. The van der Waals surface area contributed by atoms with Gasteiger partial charge in [-0.3, -0.25) is 5.32 Å². The molecular weight excluding hydrogens is 290 g/mol. The number of nitrogens with one attached hydrogen (secondary N) is 1. The summed E-state index contributed by atoms with van der Waals surface area (Å²) in [6.45, 7) is 12.7. The Labute approximate surface area is 139 Å². The van der Waals surface area contributed by atoms with Gasteiger partial charge in [0.15, 0.2) is 0 Å². The summed E-state index contributed by atoms with van der Waals surface area (Å²) >= 11 is 0. The molecule has 0 aromatic carbocycles. The molecule has 23 heavy (non-hydrogen) atoms. The number of urea groups is 1. The van der Waals surface area contributed by atoms with Gasteiger partial charge >= 0.3 is 6.03 Å². The molecule has 0 aliphatic carbocycles. The van der Waals surface area contributed by atoms with Gasteiger partial charge in [-0.05, 0) is 24.8 Å². The monoisotopic (exact) mass is 321 g/mol. The van der Waals surface area contributed by atoms with E-state index in [2.05, 4.69) is 43.0 Å². The molecule has 6 nitrogen and oxygen atoms in total. The molecule has 0 saturated carbocycles. The largest absolute Gasteiger partial charge is 0.324 e. The number of carbonyl (C=O) groups excluding carboxylic acids is 1. The van der Waals surface area contributed by atoms with Crippen LogP contribution in [0.4, 0.5) is 10.6 Å². The van der Waals surface area contributed by atoms with Gasteiger partial charge in [-0.1, -0.05) is 27.7 Å². The Hall–Kier alpha value is -1.56. The molecule has 2 rings (SSSR count). The maximum atomic E-state index is 12.6. The molecule has 0 bridgehead atoms. The Morgan fingerprint density at radius 2 is 2.26 bits per heavy atom. The van der Waals surface area contributed by atoms with Crippen LogP contribution in [0.15, 0.2) is 12.3 Å². The van der Waals surface area contributed by atoms with E-state index in [0.717, 1.165) is 38.4 Å². The summed E-state index contributed by atoms with van der Waals surface area (Å²) in [5.74, 6) is 1.75. The molecule has 1 N–H and O–H groups in total. The van der Waals surface area contributed by atoms with E-state index in [9.17, 15) is 4.79 Å². The predicted molar refractivity (Wildman–Crippen MR) is 93.5 cm³/mol. The minimum atomic E-state index is -0.0442. The third-order valence-corrected chi connectivity index (χ3v) is 4.70. The van der Waals surface area contributed by atoms with Crippen molar-refractivity contribution in [2.75, 3.05) is 32.0 Å². The van der Waals surface area contributed by atoms with Crippen LogP contribution in [0.2, 0.25) is 0 Å². The van der Waals surface area contributed by atoms with Gasteiger partial charge in [0.1, 0.15) is 5.82 Å². The normalized spacial score (nSPS) is 22.3. The van der Waals surface area contributed by atoms with Crippen molar-refractivity contribution in [3.8, 4) is 0 Å². The predicted octanol–water partition coefficient (Wildman–Crippen LogP) is 2.73. The second-order valence-electron chi connectivity index (χ2n) is 7.06. The summed E-state index contributed by atoms with van der Waals surface area (Å²) in [6.07, 6.45) is 2.77. The maximum Gasteiger partial charge on any atom is 0.323 e. The van der Waals surface area contributed by atoms with E-state index in [1.807, 2.05) is 22.7 Å². The first-order valence-corrected chi connectivity index (χ1v) is 8.70. The highest BCUT2D eigenvalue weighted by atomic mass is 16.2. The van der Waals surface area contributed by atoms with E-state index >= 15 is 0 Å². The fourth-order valence-electron chi connectivity index (χ4n) is 3.36. The van der Waals surface area contributed by atoms with Crippen LogP contribution in [0, 0.1) is 11.8 Å². The van der Waals surface area contributed by atoms with E-state index < -0.39 is 0 Å². The number of carbonyl (C=O) groups is 1. The van der Waals surface area contributed by atoms with Crippen LogP contribution in [-0.4, -0.2) is 58.3 Å². The van der Waals surface area contributed by atoms with E-state index in [1.54, 1.807) is 6.20 Å². The summed E-state index contributed by atoms with van der Waals surface area (Å²) in [5.41, 5.74) is 0. The number of amides is 2. The summed E-state index contributed by atoms with van der Waals surface area (Å²) in [4.78, 5) is 16.9. The van der Waals surface area contributed by atoms with Crippen LogP contribution in [-0.2, 0) is 6.54 Å². The number of rotatable bonds is 5. The van der Waals surface area contributed by atoms with Gasteiger partial charge in [-0.25, -0.2) is 9.48 Å². The van der Waals surface area contributed by atoms with E-state index in [0.29, 0.717) is 17.9 Å².